The van der Waals surface area contributed by atoms with Gasteiger partial charge in [0.25, 0.3) is 0 Å². The molecule has 0 unspecified atom stereocenters. The Labute approximate surface area is 71.4 Å². The predicted molar refractivity (Wildman–Crippen MR) is 38.2 cm³/mol. The van der Waals surface area contributed by atoms with E-state index >= 15 is 0 Å². The third-order valence-corrected chi connectivity index (χ3v) is 2.18. The van der Waals surface area contributed by atoms with Crippen molar-refractivity contribution in [3.63, 3.8) is 0 Å². The van der Waals surface area contributed by atoms with Crippen LogP contribution in [-0.2, 0) is 19.4 Å². The van der Waals surface area contributed by atoms with Crippen LogP contribution < -0.4 is 4.74 Å². The zero-order chi connectivity index (χ0) is 7.40. The standard InChI is InChI=1S/C8H8O.W/c1-7-5-3-4-6-8(7)9-2;/h1,3-6H,2H3;. The molecule has 0 saturated carbocycles. The van der Waals surface area contributed by atoms with E-state index < -0.39 is 0 Å². The number of rotatable bonds is 2. The Balaban J connectivity index is 3.08. The Morgan fingerprint density at radius 1 is 1.40 bits per heavy atom. The SMILES string of the molecule is COc1ccccc1[CH]=[W]. The zero-order valence-corrected chi connectivity index (χ0v) is 8.64. The molecule has 0 aromatic heterocycles. The maximum atomic E-state index is 5.12. The molecule has 2 heteroatoms. The van der Waals surface area contributed by atoms with Crippen molar-refractivity contribution in [3.8, 4) is 5.75 Å². The second kappa shape index (κ2) is 3.67. The molecule has 10 heavy (non-hydrogen) atoms. The Morgan fingerprint density at radius 3 is 2.60 bits per heavy atom. The quantitative estimate of drug-likeness (QED) is 0.802. The summed E-state index contributed by atoms with van der Waals surface area (Å²) in [4.78, 5) is 0. The van der Waals surface area contributed by atoms with Crippen molar-refractivity contribution >= 4 is 4.40 Å². The molecule has 0 bridgehead atoms. The first-order chi connectivity index (χ1) is 4.88. The van der Waals surface area contributed by atoms with Crippen molar-refractivity contribution in [1.29, 1.82) is 0 Å². The van der Waals surface area contributed by atoms with Crippen LogP contribution in [0, 0.1) is 0 Å². The summed E-state index contributed by atoms with van der Waals surface area (Å²) >= 11 is 1.44. The summed E-state index contributed by atoms with van der Waals surface area (Å²) in [5.41, 5.74) is 1.18. The summed E-state index contributed by atoms with van der Waals surface area (Å²) < 4.78 is 7.23. The van der Waals surface area contributed by atoms with Crippen LogP contribution in [-0.4, -0.2) is 11.5 Å². The molecule has 0 aliphatic heterocycles. The van der Waals surface area contributed by atoms with E-state index in [1.165, 1.54) is 24.9 Å². The van der Waals surface area contributed by atoms with E-state index in [-0.39, 0.29) is 0 Å². The minimum atomic E-state index is 0.956. The third kappa shape index (κ3) is 1.54. The fraction of sp³-hybridized carbons (Fsp3) is 0.125. The van der Waals surface area contributed by atoms with Gasteiger partial charge in [-0.3, -0.25) is 0 Å². The van der Waals surface area contributed by atoms with Gasteiger partial charge in [0.1, 0.15) is 0 Å². The van der Waals surface area contributed by atoms with Crippen LogP contribution in [0.15, 0.2) is 24.3 Å². The topological polar surface area (TPSA) is 9.23 Å². The van der Waals surface area contributed by atoms with Crippen LogP contribution in [0.25, 0.3) is 0 Å². The molecule has 0 spiro atoms. The minimum absolute atomic E-state index is 0.956. The summed E-state index contributed by atoms with van der Waals surface area (Å²) in [6.45, 7) is 0. The van der Waals surface area contributed by atoms with Crippen molar-refractivity contribution in [2.45, 2.75) is 0 Å². The van der Waals surface area contributed by atoms with Gasteiger partial charge >= 0.3 is 71.2 Å². The summed E-state index contributed by atoms with van der Waals surface area (Å²) in [7, 11) is 1.69. The normalized spacial score (nSPS) is 8.90. The number of hydrogen-bond acceptors (Lipinski definition) is 1. The molecule has 1 aromatic carbocycles. The van der Waals surface area contributed by atoms with Crippen LogP contribution in [0.5, 0.6) is 5.75 Å². The second-order valence-electron chi connectivity index (χ2n) is 1.86. The van der Waals surface area contributed by atoms with Crippen LogP contribution in [0.2, 0.25) is 0 Å². The van der Waals surface area contributed by atoms with E-state index in [0.717, 1.165) is 5.75 Å². The summed E-state index contributed by atoms with van der Waals surface area (Å²) in [5, 5.41) is 0. The molecule has 0 aliphatic rings. The number of ether oxygens (including phenoxy) is 1. The molecule has 1 rings (SSSR count). The van der Waals surface area contributed by atoms with E-state index in [1.807, 2.05) is 24.3 Å². The molecule has 0 aliphatic carbocycles. The molecule has 1 nitrogen and oxygen atoms in total. The van der Waals surface area contributed by atoms with Crippen LogP contribution in [0.3, 0.4) is 0 Å². The first-order valence-corrected chi connectivity index (χ1v) is 4.66. The van der Waals surface area contributed by atoms with Gasteiger partial charge in [-0.15, -0.1) is 0 Å². The molecule has 0 N–H and O–H groups in total. The van der Waals surface area contributed by atoms with Crippen LogP contribution in [0.4, 0.5) is 0 Å². The monoisotopic (exact) mass is 304 g/mol. The molecular weight excluding hydrogens is 296 g/mol. The van der Waals surface area contributed by atoms with Gasteiger partial charge in [0, 0.05) is 0 Å². The summed E-state index contributed by atoms with van der Waals surface area (Å²) in [6.07, 6.45) is 0. The average molecular weight is 304 g/mol. The molecule has 1 aromatic rings. The van der Waals surface area contributed by atoms with Gasteiger partial charge in [0.05, 0.1) is 0 Å². The van der Waals surface area contributed by atoms with Crippen molar-refractivity contribution < 1.29 is 24.1 Å². The molecule has 0 fully saturated rings. The Kier molecular flexibility index (Phi) is 2.82. The first-order valence-electron chi connectivity index (χ1n) is 2.96. The molecular formula is C8H8OW. The fourth-order valence-electron chi connectivity index (χ4n) is 0.764. The molecule has 0 atom stereocenters. The van der Waals surface area contributed by atoms with E-state index in [0.29, 0.717) is 0 Å². The zero-order valence-electron chi connectivity index (χ0n) is 5.70. The van der Waals surface area contributed by atoms with Gasteiger partial charge < -0.3 is 0 Å². The van der Waals surface area contributed by atoms with E-state index in [2.05, 4.69) is 4.40 Å². The third-order valence-electron chi connectivity index (χ3n) is 1.27. The van der Waals surface area contributed by atoms with Crippen LogP contribution in [0.1, 0.15) is 5.56 Å². The number of methoxy groups -OCH3 is 1. The van der Waals surface area contributed by atoms with Gasteiger partial charge in [-0.25, -0.2) is 0 Å². The van der Waals surface area contributed by atoms with Crippen molar-refractivity contribution in [2.24, 2.45) is 0 Å². The van der Waals surface area contributed by atoms with Gasteiger partial charge in [-0.1, -0.05) is 0 Å². The predicted octanol–water partition coefficient (Wildman–Crippen LogP) is 1.39. The number of hydrogen-bond donors (Lipinski definition) is 0. The molecule has 0 heterocycles. The van der Waals surface area contributed by atoms with Crippen molar-refractivity contribution in [1.82, 2.24) is 0 Å². The average Bonchev–Trinajstić information content (AvgIpc) is 2.04. The Bertz CT molecular complexity index is 232. The van der Waals surface area contributed by atoms with Crippen LogP contribution >= 0.6 is 0 Å². The van der Waals surface area contributed by atoms with Gasteiger partial charge in [-0.05, 0) is 0 Å². The van der Waals surface area contributed by atoms with E-state index in [9.17, 15) is 0 Å². The van der Waals surface area contributed by atoms with E-state index in [4.69, 9.17) is 4.74 Å². The molecule has 0 radical (unpaired) electrons. The molecule has 0 amide bonds. The Morgan fingerprint density at radius 2 is 2.10 bits per heavy atom. The summed E-state index contributed by atoms with van der Waals surface area (Å²) in [5.74, 6) is 0.956. The number of benzene rings is 1. The Hall–Kier alpha value is -0.422. The van der Waals surface area contributed by atoms with Gasteiger partial charge in [0.2, 0.25) is 0 Å². The molecule has 0 saturated heterocycles. The second-order valence-corrected chi connectivity index (χ2v) is 2.71. The summed E-state index contributed by atoms with van der Waals surface area (Å²) in [6, 6.07) is 8.00. The van der Waals surface area contributed by atoms with E-state index in [1.54, 1.807) is 7.11 Å². The first kappa shape index (κ1) is 7.68. The van der Waals surface area contributed by atoms with Crippen molar-refractivity contribution in [2.75, 3.05) is 7.11 Å². The maximum absolute atomic E-state index is 5.12. The van der Waals surface area contributed by atoms with Gasteiger partial charge in [-0.2, -0.15) is 0 Å². The fourth-order valence-corrected chi connectivity index (χ4v) is 1.46. The van der Waals surface area contributed by atoms with Crippen molar-refractivity contribution in [3.05, 3.63) is 29.8 Å². The molecule has 52 valence electrons. The number of para-hydroxylation sites is 1. The van der Waals surface area contributed by atoms with Gasteiger partial charge in [0.15, 0.2) is 0 Å².